The molecule has 8 nitrogen and oxygen atoms in total. The van der Waals surface area contributed by atoms with E-state index < -0.39 is 18.4 Å². The van der Waals surface area contributed by atoms with Crippen LogP contribution < -0.4 is 5.56 Å². The highest BCUT2D eigenvalue weighted by Gasteiger charge is 2.21. The van der Waals surface area contributed by atoms with E-state index in [1.165, 1.54) is 29.2 Å². The number of aromatic nitrogens is 3. The molecule has 3 aromatic heterocycles. The quantitative estimate of drug-likeness (QED) is 0.489. The molecule has 0 fully saturated rings. The van der Waals surface area contributed by atoms with Gasteiger partial charge in [0, 0.05) is 16.1 Å². The zero-order valence-electron chi connectivity index (χ0n) is 16.8. The van der Waals surface area contributed by atoms with Crippen LogP contribution in [0.4, 0.5) is 0 Å². The van der Waals surface area contributed by atoms with Gasteiger partial charge in [0.2, 0.25) is 5.78 Å². The molecular weight excluding hydrogens is 394 g/mol. The van der Waals surface area contributed by atoms with E-state index in [0.29, 0.717) is 27.0 Å². The third-order valence-corrected chi connectivity index (χ3v) is 6.00. The van der Waals surface area contributed by atoms with Crippen LogP contribution in [0.1, 0.15) is 49.5 Å². The van der Waals surface area contributed by atoms with E-state index in [1.807, 2.05) is 13.8 Å². The zero-order chi connectivity index (χ0) is 21.5. The van der Waals surface area contributed by atoms with E-state index in [4.69, 9.17) is 4.74 Å². The largest absolute Gasteiger partial charge is 0.456 e. The Morgan fingerprint density at radius 1 is 1.17 bits per heavy atom. The Kier molecular flexibility index (Phi) is 5.52. The van der Waals surface area contributed by atoms with Gasteiger partial charge in [0.05, 0.1) is 17.4 Å². The number of Topliss-reactive ketones (excluding diaryl/α,β-unsaturated/α-hetero) is 2. The summed E-state index contributed by atoms with van der Waals surface area (Å²) in [6, 6.07) is 0. The predicted octanol–water partition coefficient (Wildman–Crippen LogP) is 2.65. The molecule has 0 radical (unpaired) electrons. The summed E-state index contributed by atoms with van der Waals surface area (Å²) in [4.78, 5) is 57.6. The third-order valence-electron chi connectivity index (χ3n) is 4.89. The Morgan fingerprint density at radius 3 is 2.48 bits per heavy atom. The van der Waals surface area contributed by atoms with Gasteiger partial charge in [-0.1, -0.05) is 0 Å². The van der Waals surface area contributed by atoms with Gasteiger partial charge in [0.1, 0.15) is 11.4 Å². The number of ketones is 2. The average molecular weight is 415 g/mol. The third kappa shape index (κ3) is 3.77. The van der Waals surface area contributed by atoms with Gasteiger partial charge in [-0.2, -0.15) is 0 Å². The van der Waals surface area contributed by atoms with Crippen molar-refractivity contribution in [1.82, 2.24) is 14.5 Å². The molecule has 0 bridgehead atoms. The Bertz CT molecular complexity index is 1220. The van der Waals surface area contributed by atoms with Gasteiger partial charge in [-0.15, -0.1) is 11.3 Å². The topological polar surface area (TPSA) is 111 Å². The highest BCUT2D eigenvalue weighted by molar-refractivity contribution is 7.18. The van der Waals surface area contributed by atoms with Gasteiger partial charge in [-0.25, -0.2) is 4.98 Å². The van der Waals surface area contributed by atoms with Crippen molar-refractivity contribution in [2.45, 2.75) is 41.2 Å². The van der Waals surface area contributed by atoms with Gasteiger partial charge < -0.3 is 9.72 Å². The number of aromatic amines is 1. The van der Waals surface area contributed by atoms with Gasteiger partial charge in [-0.3, -0.25) is 23.7 Å². The number of carbonyl (C=O) groups is 3. The molecule has 0 unspecified atom stereocenters. The molecule has 3 heterocycles. The van der Waals surface area contributed by atoms with Crippen LogP contribution in [0, 0.1) is 27.7 Å². The first-order valence-electron chi connectivity index (χ1n) is 8.95. The number of thiophene rings is 1. The monoisotopic (exact) mass is 415 g/mol. The van der Waals surface area contributed by atoms with E-state index in [0.717, 1.165) is 10.4 Å². The lowest BCUT2D eigenvalue weighted by atomic mass is 10.1. The lowest BCUT2D eigenvalue weighted by Crippen LogP contribution is -2.27. The van der Waals surface area contributed by atoms with Crippen molar-refractivity contribution in [3.63, 3.8) is 0 Å². The van der Waals surface area contributed by atoms with Crippen LogP contribution in [0.5, 0.6) is 0 Å². The van der Waals surface area contributed by atoms with Crippen LogP contribution in [0.25, 0.3) is 10.2 Å². The minimum absolute atomic E-state index is 0.145. The fourth-order valence-corrected chi connectivity index (χ4v) is 4.33. The molecule has 29 heavy (non-hydrogen) atoms. The van der Waals surface area contributed by atoms with Crippen LogP contribution in [0.3, 0.4) is 0 Å². The maximum absolute atomic E-state index is 12.6. The molecule has 0 aliphatic rings. The standard InChI is InChI=1S/C20H21N3O5S/c1-9-13(5)29-19-17(9)20(27)23(8-21-19)6-15(26)28-7-14(25)18-10(2)16(12(4)24)11(3)22-18/h8,22H,6-7H2,1-5H3. The van der Waals surface area contributed by atoms with Gasteiger partial charge >= 0.3 is 5.97 Å². The van der Waals surface area contributed by atoms with Crippen molar-refractivity contribution >= 4 is 39.1 Å². The second-order valence-corrected chi connectivity index (χ2v) is 8.11. The van der Waals surface area contributed by atoms with Crippen LogP contribution in [-0.2, 0) is 16.1 Å². The van der Waals surface area contributed by atoms with Crippen LogP contribution in [0.15, 0.2) is 11.1 Å². The molecule has 0 aliphatic carbocycles. The lowest BCUT2D eigenvalue weighted by Gasteiger charge is -2.07. The summed E-state index contributed by atoms with van der Waals surface area (Å²) in [6.07, 6.45) is 1.31. The number of esters is 1. The molecule has 0 atom stereocenters. The number of hydrogen-bond acceptors (Lipinski definition) is 7. The average Bonchev–Trinajstić information content (AvgIpc) is 3.11. The summed E-state index contributed by atoms with van der Waals surface area (Å²) in [5.41, 5.74) is 2.36. The van der Waals surface area contributed by atoms with Crippen LogP contribution in [-0.4, -0.2) is 38.7 Å². The number of rotatable bonds is 6. The fraction of sp³-hybridized carbons (Fsp3) is 0.350. The lowest BCUT2D eigenvalue weighted by molar-refractivity contribution is -0.143. The molecule has 3 aromatic rings. The SMILES string of the molecule is CC(=O)c1c(C)[nH]c(C(=O)COC(=O)Cn2cnc3sc(C)c(C)c3c2=O)c1C. The molecule has 152 valence electrons. The fourth-order valence-electron chi connectivity index (χ4n) is 3.34. The van der Waals surface area contributed by atoms with Crippen LogP contribution in [0.2, 0.25) is 0 Å². The normalized spacial score (nSPS) is 11.1. The van der Waals surface area contributed by atoms with Crippen molar-refractivity contribution in [2.75, 3.05) is 6.61 Å². The van der Waals surface area contributed by atoms with E-state index in [-0.39, 0.29) is 23.6 Å². The minimum Gasteiger partial charge on any atom is -0.456 e. The van der Waals surface area contributed by atoms with Gasteiger partial charge in [0.15, 0.2) is 12.4 Å². The smallest absolute Gasteiger partial charge is 0.326 e. The number of ether oxygens (including phenoxy) is 1. The molecule has 0 spiro atoms. The van der Waals surface area contributed by atoms with Gasteiger partial charge in [0.25, 0.3) is 5.56 Å². The number of nitrogens with one attached hydrogen (secondary N) is 1. The molecule has 0 saturated heterocycles. The summed E-state index contributed by atoms with van der Waals surface area (Å²) in [6.45, 7) is 7.72. The van der Waals surface area contributed by atoms with Crippen LogP contribution >= 0.6 is 11.3 Å². The van der Waals surface area contributed by atoms with Gasteiger partial charge in [-0.05, 0) is 45.7 Å². The number of H-pyrrole nitrogens is 1. The molecule has 0 aliphatic heterocycles. The molecular formula is C20H21N3O5S. The summed E-state index contributed by atoms with van der Waals surface area (Å²) in [5, 5.41) is 0.494. The Balaban J connectivity index is 1.72. The van der Waals surface area contributed by atoms with E-state index in [2.05, 4.69) is 9.97 Å². The van der Waals surface area contributed by atoms with Crippen molar-refractivity contribution in [3.05, 3.63) is 49.6 Å². The molecule has 3 rings (SSSR count). The predicted molar refractivity (Wildman–Crippen MR) is 109 cm³/mol. The first kappa shape index (κ1) is 20.7. The Labute approximate surface area is 170 Å². The van der Waals surface area contributed by atoms with Crippen molar-refractivity contribution in [3.8, 4) is 0 Å². The second-order valence-electron chi connectivity index (χ2n) is 6.91. The van der Waals surface area contributed by atoms with Crippen molar-refractivity contribution in [2.24, 2.45) is 0 Å². The maximum Gasteiger partial charge on any atom is 0.326 e. The maximum atomic E-state index is 12.6. The van der Waals surface area contributed by atoms with Crippen molar-refractivity contribution in [1.29, 1.82) is 0 Å². The highest BCUT2D eigenvalue weighted by atomic mass is 32.1. The number of hydrogen-bond donors (Lipinski definition) is 1. The summed E-state index contributed by atoms with van der Waals surface area (Å²) in [5.74, 6) is -1.32. The van der Waals surface area contributed by atoms with Crippen molar-refractivity contribution < 1.29 is 19.1 Å². The van der Waals surface area contributed by atoms with E-state index in [1.54, 1.807) is 13.8 Å². The van der Waals surface area contributed by atoms with E-state index >= 15 is 0 Å². The van der Waals surface area contributed by atoms with E-state index in [9.17, 15) is 19.2 Å². The molecule has 0 saturated carbocycles. The number of nitrogens with zero attached hydrogens (tertiary/aromatic N) is 2. The second kappa shape index (κ2) is 7.75. The molecule has 9 heteroatoms. The molecule has 0 amide bonds. The Hall–Kier alpha value is -3.07. The first-order valence-corrected chi connectivity index (χ1v) is 9.77. The zero-order valence-corrected chi connectivity index (χ0v) is 17.7. The molecule has 1 N–H and O–H groups in total. The number of aryl methyl sites for hydroxylation is 3. The number of fused-ring (bicyclic) bond motifs is 1. The number of carbonyl (C=O) groups excluding carboxylic acids is 3. The minimum atomic E-state index is -0.723. The summed E-state index contributed by atoms with van der Waals surface area (Å²) >= 11 is 1.43. The molecule has 0 aromatic carbocycles. The summed E-state index contributed by atoms with van der Waals surface area (Å²) in [7, 11) is 0. The highest BCUT2D eigenvalue weighted by Crippen LogP contribution is 2.25. The summed E-state index contributed by atoms with van der Waals surface area (Å²) < 4.78 is 6.22. The Morgan fingerprint density at radius 2 is 1.86 bits per heavy atom. The first-order chi connectivity index (χ1) is 13.6.